The molecule has 20 heavy (non-hydrogen) atoms. The number of anilines is 1. The van der Waals surface area contributed by atoms with E-state index in [9.17, 15) is 14.3 Å². The summed E-state index contributed by atoms with van der Waals surface area (Å²) in [6.45, 7) is 0. The van der Waals surface area contributed by atoms with Crippen LogP contribution < -0.4 is 10.1 Å². The second-order valence-corrected chi connectivity index (χ2v) is 4.37. The van der Waals surface area contributed by atoms with Gasteiger partial charge in [-0.3, -0.25) is 4.79 Å². The van der Waals surface area contributed by atoms with E-state index < -0.39 is 11.7 Å². The third-order valence-corrected chi connectivity index (χ3v) is 2.95. The van der Waals surface area contributed by atoms with Crippen LogP contribution in [-0.4, -0.2) is 18.1 Å². The molecular formula is C14H11ClFNO3. The Balaban J connectivity index is 2.30. The van der Waals surface area contributed by atoms with Crippen LogP contribution in [0, 0.1) is 5.82 Å². The number of methoxy groups -OCH3 is 1. The maximum absolute atomic E-state index is 13.1. The number of aromatic hydroxyl groups is 1. The quantitative estimate of drug-likeness (QED) is 0.853. The van der Waals surface area contributed by atoms with Crippen molar-refractivity contribution < 1.29 is 19.0 Å². The van der Waals surface area contributed by atoms with Crippen molar-refractivity contribution in [2.45, 2.75) is 0 Å². The smallest absolute Gasteiger partial charge is 0.257 e. The molecule has 2 aromatic carbocycles. The van der Waals surface area contributed by atoms with E-state index in [1.54, 1.807) is 6.07 Å². The van der Waals surface area contributed by atoms with Gasteiger partial charge in [-0.15, -0.1) is 0 Å². The van der Waals surface area contributed by atoms with Crippen molar-refractivity contribution in [3.63, 3.8) is 0 Å². The zero-order valence-corrected chi connectivity index (χ0v) is 11.2. The highest BCUT2D eigenvalue weighted by molar-refractivity contribution is 6.34. The highest BCUT2D eigenvalue weighted by Gasteiger charge is 2.14. The average Bonchev–Trinajstić information content (AvgIpc) is 2.43. The zero-order valence-electron chi connectivity index (χ0n) is 10.5. The molecule has 0 radical (unpaired) electrons. The third-order valence-electron chi connectivity index (χ3n) is 2.62. The lowest BCUT2D eigenvalue weighted by Gasteiger charge is -2.10. The van der Waals surface area contributed by atoms with Crippen LogP contribution in [0.25, 0.3) is 0 Å². The van der Waals surface area contributed by atoms with Crippen LogP contribution in [0.15, 0.2) is 36.4 Å². The normalized spacial score (nSPS) is 10.2. The molecule has 0 saturated heterocycles. The van der Waals surface area contributed by atoms with E-state index in [4.69, 9.17) is 16.3 Å². The number of amides is 1. The second kappa shape index (κ2) is 5.79. The number of hydrogen-bond acceptors (Lipinski definition) is 3. The first-order valence-electron chi connectivity index (χ1n) is 5.64. The van der Waals surface area contributed by atoms with Crippen molar-refractivity contribution in [2.75, 3.05) is 12.4 Å². The molecule has 0 heterocycles. The van der Waals surface area contributed by atoms with Crippen LogP contribution in [0.5, 0.6) is 11.5 Å². The predicted molar refractivity (Wildman–Crippen MR) is 74.0 cm³/mol. The van der Waals surface area contributed by atoms with E-state index in [0.29, 0.717) is 5.75 Å². The first-order chi connectivity index (χ1) is 9.51. The SMILES string of the molecule is COc1ccc(O)c(NC(=O)c2cc(F)ccc2Cl)c1. The molecular weight excluding hydrogens is 285 g/mol. The van der Waals surface area contributed by atoms with Crippen LogP contribution >= 0.6 is 11.6 Å². The minimum Gasteiger partial charge on any atom is -0.506 e. The number of halogens is 2. The monoisotopic (exact) mass is 295 g/mol. The van der Waals surface area contributed by atoms with E-state index in [1.807, 2.05) is 0 Å². The van der Waals surface area contributed by atoms with Crippen LogP contribution in [-0.2, 0) is 0 Å². The van der Waals surface area contributed by atoms with E-state index in [2.05, 4.69) is 5.32 Å². The van der Waals surface area contributed by atoms with Gasteiger partial charge in [-0.2, -0.15) is 0 Å². The fraction of sp³-hybridized carbons (Fsp3) is 0.0714. The number of hydrogen-bond donors (Lipinski definition) is 2. The summed E-state index contributed by atoms with van der Waals surface area (Å²) in [6.07, 6.45) is 0. The van der Waals surface area contributed by atoms with Crippen molar-refractivity contribution in [1.29, 1.82) is 0 Å². The molecule has 2 N–H and O–H groups in total. The summed E-state index contributed by atoms with van der Waals surface area (Å²) < 4.78 is 18.1. The molecule has 104 valence electrons. The zero-order chi connectivity index (χ0) is 14.7. The van der Waals surface area contributed by atoms with Gasteiger partial charge in [-0.1, -0.05) is 11.6 Å². The Labute approximate surface area is 119 Å². The molecule has 0 saturated carbocycles. The second-order valence-electron chi connectivity index (χ2n) is 3.96. The summed E-state index contributed by atoms with van der Waals surface area (Å²) in [4.78, 5) is 12.0. The van der Waals surface area contributed by atoms with Gasteiger partial charge in [-0.05, 0) is 30.3 Å². The Morgan fingerprint density at radius 1 is 1.30 bits per heavy atom. The maximum Gasteiger partial charge on any atom is 0.257 e. The highest BCUT2D eigenvalue weighted by atomic mass is 35.5. The number of carbonyl (C=O) groups excluding carboxylic acids is 1. The fourth-order valence-corrected chi connectivity index (χ4v) is 1.81. The van der Waals surface area contributed by atoms with Gasteiger partial charge in [0.05, 0.1) is 23.4 Å². The summed E-state index contributed by atoms with van der Waals surface area (Å²) >= 11 is 5.84. The lowest BCUT2D eigenvalue weighted by atomic mass is 10.2. The molecule has 0 bridgehead atoms. The number of nitrogens with one attached hydrogen (secondary N) is 1. The third kappa shape index (κ3) is 3.00. The lowest BCUT2D eigenvalue weighted by Crippen LogP contribution is -2.13. The van der Waals surface area contributed by atoms with Gasteiger partial charge in [-0.25, -0.2) is 4.39 Å². The summed E-state index contributed by atoms with van der Waals surface area (Å²) in [5, 5.41) is 12.2. The van der Waals surface area contributed by atoms with Crippen molar-refractivity contribution >= 4 is 23.2 Å². The Kier molecular flexibility index (Phi) is 4.10. The standard InChI is InChI=1S/C14H11ClFNO3/c1-20-9-3-5-13(18)12(7-9)17-14(19)10-6-8(16)2-4-11(10)15/h2-7,18H,1H3,(H,17,19). The van der Waals surface area contributed by atoms with Gasteiger partial charge in [0, 0.05) is 6.07 Å². The molecule has 4 nitrogen and oxygen atoms in total. The van der Waals surface area contributed by atoms with Crippen LogP contribution in [0.3, 0.4) is 0 Å². The summed E-state index contributed by atoms with van der Waals surface area (Å²) in [6, 6.07) is 7.83. The van der Waals surface area contributed by atoms with Gasteiger partial charge in [0.25, 0.3) is 5.91 Å². The molecule has 1 amide bonds. The van der Waals surface area contributed by atoms with Crippen molar-refractivity contribution in [3.05, 3.63) is 52.8 Å². The number of phenolic OH excluding ortho intramolecular Hbond substituents is 1. The number of benzene rings is 2. The van der Waals surface area contributed by atoms with E-state index in [-0.39, 0.29) is 22.0 Å². The van der Waals surface area contributed by atoms with E-state index >= 15 is 0 Å². The van der Waals surface area contributed by atoms with Gasteiger partial charge in [0.1, 0.15) is 17.3 Å². The number of ether oxygens (including phenoxy) is 1. The van der Waals surface area contributed by atoms with Gasteiger partial charge in [0.2, 0.25) is 0 Å². The Bertz CT molecular complexity index is 661. The molecule has 0 fully saturated rings. The van der Waals surface area contributed by atoms with Crippen molar-refractivity contribution in [2.24, 2.45) is 0 Å². The molecule has 0 aliphatic rings. The molecule has 0 aromatic heterocycles. The molecule has 0 atom stereocenters. The molecule has 0 aliphatic carbocycles. The number of rotatable bonds is 3. The van der Waals surface area contributed by atoms with Gasteiger partial charge < -0.3 is 15.2 Å². The molecule has 6 heteroatoms. The molecule has 0 unspecified atom stereocenters. The molecule has 2 aromatic rings. The predicted octanol–water partition coefficient (Wildman–Crippen LogP) is 3.45. The van der Waals surface area contributed by atoms with Gasteiger partial charge in [0.15, 0.2) is 0 Å². The lowest BCUT2D eigenvalue weighted by molar-refractivity contribution is 0.102. The number of phenols is 1. The van der Waals surface area contributed by atoms with Crippen LogP contribution in [0.4, 0.5) is 10.1 Å². The molecule has 0 aliphatic heterocycles. The summed E-state index contributed by atoms with van der Waals surface area (Å²) in [5.41, 5.74) is 0.128. The fourth-order valence-electron chi connectivity index (χ4n) is 1.60. The van der Waals surface area contributed by atoms with Crippen molar-refractivity contribution in [1.82, 2.24) is 0 Å². The topological polar surface area (TPSA) is 58.6 Å². The van der Waals surface area contributed by atoms with Crippen LogP contribution in [0.2, 0.25) is 5.02 Å². The maximum atomic E-state index is 13.1. The van der Waals surface area contributed by atoms with Gasteiger partial charge >= 0.3 is 0 Å². The highest BCUT2D eigenvalue weighted by Crippen LogP contribution is 2.29. The molecule has 0 spiro atoms. The Hall–Kier alpha value is -2.27. The minimum atomic E-state index is -0.627. The van der Waals surface area contributed by atoms with Crippen molar-refractivity contribution in [3.8, 4) is 11.5 Å². The molecule has 2 rings (SSSR count). The Morgan fingerprint density at radius 2 is 2.05 bits per heavy atom. The summed E-state index contributed by atoms with van der Waals surface area (Å²) in [7, 11) is 1.46. The van der Waals surface area contributed by atoms with E-state index in [0.717, 1.165) is 12.1 Å². The Morgan fingerprint density at radius 3 is 2.75 bits per heavy atom. The summed E-state index contributed by atoms with van der Waals surface area (Å²) in [5.74, 6) is -0.873. The van der Waals surface area contributed by atoms with Crippen LogP contribution in [0.1, 0.15) is 10.4 Å². The largest absolute Gasteiger partial charge is 0.506 e. The average molecular weight is 296 g/mol. The first-order valence-corrected chi connectivity index (χ1v) is 6.02. The minimum absolute atomic E-state index is 0.0195. The number of carbonyl (C=O) groups is 1. The first kappa shape index (κ1) is 14.1. The van der Waals surface area contributed by atoms with E-state index in [1.165, 1.54) is 25.3 Å².